The number of carbonyl (C=O) groups is 2. The van der Waals surface area contributed by atoms with E-state index in [-0.39, 0.29) is 5.91 Å². The number of hydrogen-bond acceptors (Lipinski definition) is 4. The van der Waals surface area contributed by atoms with Crippen LogP contribution in [-0.4, -0.2) is 52.3 Å². The third kappa shape index (κ3) is 2.26. The molecule has 2 aliphatic heterocycles. The van der Waals surface area contributed by atoms with Crippen LogP contribution in [0.15, 0.2) is 24.3 Å². The van der Waals surface area contributed by atoms with Crippen molar-refractivity contribution in [1.82, 2.24) is 9.80 Å². The van der Waals surface area contributed by atoms with Gasteiger partial charge in [-0.05, 0) is 36.8 Å². The van der Waals surface area contributed by atoms with Crippen molar-refractivity contribution < 1.29 is 19.4 Å². The lowest BCUT2D eigenvalue weighted by Crippen LogP contribution is -2.78. The van der Waals surface area contributed by atoms with Gasteiger partial charge >= 0.3 is 6.03 Å². The Bertz CT molecular complexity index is 839. The maximum Gasteiger partial charge on any atom is 0.328 e. The van der Waals surface area contributed by atoms with Gasteiger partial charge in [0.1, 0.15) is 11.2 Å². The quantitative estimate of drug-likeness (QED) is 0.830. The first-order valence-corrected chi connectivity index (χ1v) is 10.9. The third-order valence-electron chi connectivity index (χ3n) is 8.15. The molecular formula is C23H30N2O4. The van der Waals surface area contributed by atoms with Crippen LogP contribution in [-0.2, 0) is 11.2 Å². The minimum absolute atomic E-state index is 0.245. The molecule has 1 aromatic carbocycles. The van der Waals surface area contributed by atoms with E-state index < -0.39 is 22.8 Å². The van der Waals surface area contributed by atoms with E-state index in [1.165, 1.54) is 29.1 Å². The van der Waals surface area contributed by atoms with Crippen molar-refractivity contribution in [3.63, 3.8) is 0 Å². The summed E-state index contributed by atoms with van der Waals surface area (Å²) in [5.41, 5.74) is -2.63. The van der Waals surface area contributed by atoms with Crippen LogP contribution in [0.2, 0.25) is 0 Å². The van der Waals surface area contributed by atoms with Gasteiger partial charge in [0, 0.05) is 20.5 Å². The second-order valence-corrected chi connectivity index (χ2v) is 9.55. The van der Waals surface area contributed by atoms with Crippen LogP contribution in [0, 0.1) is 11.3 Å². The average Bonchev–Trinajstić information content (AvgIpc) is 3.24. The molecule has 29 heavy (non-hydrogen) atoms. The van der Waals surface area contributed by atoms with Crippen molar-refractivity contribution in [2.75, 3.05) is 14.1 Å². The molecule has 0 bridgehead atoms. The van der Waals surface area contributed by atoms with Crippen molar-refractivity contribution in [3.8, 4) is 5.75 Å². The number of hydrogen-bond donors (Lipinski definition) is 1. The fourth-order valence-electron chi connectivity index (χ4n) is 6.71. The molecule has 4 aliphatic rings. The van der Waals surface area contributed by atoms with Gasteiger partial charge in [-0.25, -0.2) is 4.79 Å². The van der Waals surface area contributed by atoms with Crippen molar-refractivity contribution in [3.05, 3.63) is 29.8 Å². The fraction of sp³-hybridized carbons (Fsp3) is 0.652. The first-order valence-electron chi connectivity index (χ1n) is 10.9. The Morgan fingerprint density at radius 2 is 1.83 bits per heavy atom. The number of likely N-dealkylation sites (N-methyl/N-ethyl adjacent to an activating group) is 1. The van der Waals surface area contributed by atoms with Crippen LogP contribution in [0.1, 0.15) is 56.9 Å². The first-order chi connectivity index (χ1) is 13.8. The summed E-state index contributed by atoms with van der Waals surface area (Å²) in [6, 6.07) is 7.34. The number of para-hydroxylation sites is 1. The summed E-state index contributed by atoms with van der Waals surface area (Å²) in [7, 11) is 3.17. The molecule has 1 spiro atoms. The zero-order valence-corrected chi connectivity index (χ0v) is 17.3. The number of amides is 3. The summed E-state index contributed by atoms with van der Waals surface area (Å²) in [5.74, 6) is 0.903. The highest BCUT2D eigenvalue weighted by molar-refractivity contribution is 6.01. The van der Waals surface area contributed by atoms with Crippen LogP contribution in [0.25, 0.3) is 0 Å². The number of benzene rings is 1. The van der Waals surface area contributed by atoms with E-state index in [1.807, 2.05) is 24.3 Å². The molecule has 0 radical (unpaired) electrons. The fourth-order valence-corrected chi connectivity index (χ4v) is 6.71. The number of carbonyl (C=O) groups excluding carboxylic acids is 2. The Labute approximate surface area is 171 Å². The van der Waals surface area contributed by atoms with Gasteiger partial charge in [-0.3, -0.25) is 14.6 Å². The third-order valence-corrected chi connectivity index (χ3v) is 8.15. The first kappa shape index (κ1) is 18.9. The number of ether oxygens (including phenoxy) is 1. The molecular weight excluding hydrogens is 368 g/mol. The Hall–Kier alpha value is -2.08. The van der Waals surface area contributed by atoms with Crippen LogP contribution in [0.3, 0.4) is 0 Å². The van der Waals surface area contributed by atoms with E-state index in [9.17, 15) is 14.7 Å². The number of imide groups is 1. The molecule has 2 aliphatic carbocycles. The lowest BCUT2D eigenvalue weighted by molar-refractivity contribution is -0.244. The van der Waals surface area contributed by atoms with E-state index >= 15 is 0 Å². The Balaban J connectivity index is 1.62. The van der Waals surface area contributed by atoms with Crippen molar-refractivity contribution in [1.29, 1.82) is 0 Å². The van der Waals surface area contributed by atoms with Crippen molar-refractivity contribution in [2.45, 2.75) is 69.1 Å². The zero-order valence-electron chi connectivity index (χ0n) is 17.3. The van der Waals surface area contributed by atoms with Crippen LogP contribution < -0.4 is 4.74 Å². The second-order valence-electron chi connectivity index (χ2n) is 9.55. The van der Waals surface area contributed by atoms with Gasteiger partial charge in [0.25, 0.3) is 0 Å². The zero-order chi connectivity index (χ0) is 20.4. The lowest BCUT2D eigenvalue weighted by atomic mass is 9.65. The number of rotatable bonds is 2. The van der Waals surface area contributed by atoms with Crippen LogP contribution >= 0.6 is 0 Å². The highest BCUT2D eigenvalue weighted by Gasteiger charge is 2.78. The Morgan fingerprint density at radius 1 is 1.10 bits per heavy atom. The summed E-state index contributed by atoms with van der Waals surface area (Å²) < 4.78 is 6.43. The largest absolute Gasteiger partial charge is 0.482 e. The molecule has 2 saturated carbocycles. The van der Waals surface area contributed by atoms with Gasteiger partial charge in [-0.15, -0.1) is 0 Å². The maximum atomic E-state index is 13.6. The van der Waals surface area contributed by atoms with Crippen LogP contribution in [0.5, 0.6) is 5.75 Å². The van der Waals surface area contributed by atoms with E-state index in [0.29, 0.717) is 31.6 Å². The number of urea groups is 1. The standard InChI is InChI=1S/C23H30N2O4/c1-24-19(26)21(14-16-8-4-3-5-9-16)12-13-22(23(21,28)25(2)20(24)27)15-17-10-6-7-11-18(17)29-22/h6-7,10-11,16,28H,3-5,8-9,12-15H2,1-2H3/t21-,22-,23+/m1/s1. The number of fused-ring (bicyclic) bond motifs is 3. The molecule has 1 N–H and O–H groups in total. The predicted octanol–water partition coefficient (Wildman–Crippen LogP) is 3.32. The molecule has 6 nitrogen and oxygen atoms in total. The summed E-state index contributed by atoms with van der Waals surface area (Å²) in [6.45, 7) is 0. The molecule has 2 heterocycles. The summed E-state index contributed by atoms with van der Waals surface area (Å²) in [4.78, 5) is 29.2. The monoisotopic (exact) mass is 398 g/mol. The molecule has 0 unspecified atom stereocenters. The summed E-state index contributed by atoms with van der Waals surface area (Å²) in [6.07, 6.45) is 7.98. The molecule has 3 amide bonds. The molecule has 0 aromatic heterocycles. The molecule has 6 heteroatoms. The minimum atomic E-state index is -1.66. The summed E-state index contributed by atoms with van der Waals surface area (Å²) >= 11 is 0. The van der Waals surface area contributed by atoms with E-state index in [0.717, 1.165) is 24.2 Å². The van der Waals surface area contributed by atoms with Gasteiger partial charge in [-0.1, -0.05) is 50.3 Å². The van der Waals surface area contributed by atoms with Gasteiger partial charge in [0.2, 0.25) is 5.91 Å². The van der Waals surface area contributed by atoms with Crippen molar-refractivity contribution in [2.24, 2.45) is 11.3 Å². The van der Waals surface area contributed by atoms with Gasteiger partial charge in [0.15, 0.2) is 11.3 Å². The summed E-state index contributed by atoms with van der Waals surface area (Å²) in [5, 5.41) is 12.4. The number of aliphatic hydroxyl groups is 1. The van der Waals surface area contributed by atoms with Crippen LogP contribution in [0.4, 0.5) is 4.79 Å². The van der Waals surface area contributed by atoms with Gasteiger partial charge < -0.3 is 9.84 Å². The topological polar surface area (TPSA) is 70.1 Å². The van der Waals surface area contributed by atoms with Crippen molar-refractivity contribution >= 4 is 11.9 Å². The van der Waals surface area contributed by atoms with E-state index in [4.69, 9.17) is 4.74 Å². The smallest absolute Gasteiger partial charge is 0.328 e. The molecule has 156 valence electrons. The molecule has 1 aromatic rings. The maximum absolute atomic E-state index is 13.6. The second kappa shape index (κ2) is 6.21. The molecule has 3 atom stereocenters. The highest BCUT2D eigenvalue weighted by atomic mass is 16.5. The van der Waals surface area contributed by atoms with Gasteiger partial charge in [-0.2, -0.15) is 0 Å². The normalized spacial score (nSPS) is 37.1. The number of nitrogens with zero attached hydrogens (tertiary/aromatic N) is 2. The Kier molecular flexibility index (Phi) is 4.05. The van der Waals surface area contributed by atoms with Gasteiger partial charge in [0.05, 0.1) is 0 Å². The minimum Gasteiger partial charge on any atom is -0.482 e. The predicted molar refractivity (Wildman–Crippen MR) is 107 cm³/mol. The lowest BCUT2D eigenvalue weighted by Gasteiger charge is -2.57. The Morgan fingerprint density at radius 3 is 2.55 bits per heavy atom. The molecule has 5 rings (SSSR count). The van der Waals surface area contributed by atoms with E-state index in [1.54, 1.807) is 14.1 Å². The highest BCUT2D eigenvalue weighted by Crippen LogP contribution is 2.63. The SMILES string of the molecule is CN1C(=O)N(C)[C@@]2(O)[C@@]3(CC[C@@]2(CC2CCCCC2)C1=O)Cc1ccccc1O3. The molecule has 3 fully saturated rings. The molecule has 1 saturated heterocycles. The van der Waals surface area contributed by atoms with E-state index in [2.05, 4.69) is 0 Å². The average molecular weight is 399 g/mol.